The van der Waals surface area contributed by atoms with Crippen LogP contribution in [0.4, 0.5) is 0 Å². The van der Waals surface area contributed by atoms with E-state index in [0.717, 1.165) is 0 Å². The van der Waals surface area contributed by atoms with Crippen LogP contribution in [0.25, 0.3) is 0 Å². The Morgan fingerprint density at radius 2 is 2.38 bits per heavy atom. The molecule has 1 rings (SSSR count). The summed E-state index contributed by atoms with van der Waals surface area (Å²) < 4.78 is 10.4. The van der Waals surface area contributed by atoms with Crippen LogP contribution >= 0.6 is 0 Å². The summed E-state index contributed by atoms with van der Waals surface area (Å²) in [6, 6.07) is 0. The average molecular weight is 182 g/mol. The molecule has 0 spiro atoms. The van der Waals surface area contributed by atoms with Gasteiger partial charge in [0.2, 0.25) is 0 Å². The van der Waals surface area contributed by atoms with Crippen LogP contribution in [0.2, 0.25) is 0 Å². The van der Waals surface area contributed by atoms with Gasteiger partial charge < -0.3 is 9.47 Å². The summed E-state index contributed by atoms with van der Waals surface area (Å²) in [5.74, 6) is -0.369. The Bertz CT molecular complexity index is 243. The van der Waals surface area contributed by atoms with Gasteiger partial charge in [-0.05, 0) is 19.9 Å². The van der Waals surface area contributed by atoms with Crippen LogP contribution in [0.15, 0.2) is 24.3 Å². The zero-order valence-corrected chi connectivity index (χ0v) is 7.95. The van der Waals surface area contributed by atoms with E-state index >= 15 is 0 Å². The van der Waals surface area contributed by atoms with Crippen molar-refractivity contribution in [2.75, 3.05) is 6.61 Å². The van der Waals surface area contributed by atoms with E-state index in [2.05, 4.69) is 6.58 Å². The van der Waals surface area contributed by atoms with Crippen LogP contribution in [0.5, 0.6) is 0 Å². The van der Waals surface area contributed by atoms with Gasteiger partial charge in [-0.2, -0.15) is 0 Å². The number of carbonyl (C=O) groups excluding carboxylic acids is 1. The first kappa shape index (κ1) is 9.99. The fourth-order valence-corrected chi connectivity index (χ4v) is 1.01. The zero-order chi connectivity index (χ0) is 9.84. The van der Waals surface area contributed by atoms with Crippen molar-refractivity contribution in [1.82, 2.24) is 0 Å². The van der Waals surface area contributed by atoms with Gasteiger partial charge in [0.05, 0.1) is 12.7 Å². The molecule has 1 aliphatic rings. The molecule has 0 aliphatic carbocycles. The van der Waals surface area contributed by atoms with E-state index < -0.39 is 0 Å². The monoisotopic (exact) mass is 182 g/mol. The van der Waals surface area contributed by atoms with Gasteiger partial charge in [-0.3, -0.25) is 0 Å². The predicted molar refractivity (Wildman–Crippen MR) is 49.2 cm³/mol. The lowest BCUT2D eigenvalue weighted by Gasteiger charge is -2.24. The third-order valence-corrected chi connectivity index (χ3v) is 1.84. The Morgan fingerprint density at radius 3 is 2.92 bits per heavy atom. The van der Waals surface area contributed by atoms with Gasteiger partial charge in [-0.15, -0.1) is 0 Å². The molecule has 72 valence electrons. The van der Waals surface area contributed by atoms with Crippen molar-refractivity contribution in [3.63, 3.8) is 0 Å². The predicted octanol–water partition coefficient (Wildman–Crippen LogP) is 1.45. The summed E-state index contributed by atoms with van der Waals surface area (Å²) in [4.78, 5) is 11.1. The molecule has 3 heteroatoms. The number of rotatable bonds is 2. The number of hydrogen-bond donors (Lipinski definition) is 0. The lowest BCUT2D eigenvalue weighted by Crippen LogP contribution is -2.32. The minimum Gasteiger partial charge on any atom is -0.452 e. The van der Waals surface area contributed by atoms with Crippen molar-refractivity contribution in [2.24, 2.45) is 0 Å². The molecule has 0 N–H and O–H groups in total. The van der Waals surface area contributed by atoms with E-state index in [-0.39, 0.29) is 18.2 Å². The number of hydrogen-bond acceptors (Lipinski definition) is 3. The fraction of sp³-hybridized carbons (Fsp3) is 0.500. The summed E-state index contributed by atoms with van der Waals surface area (Å²) in [6.07, 6.45) is 3.33. The van der Waals surface area contributed by atoms with E-state index in [1.807, 2.05) is 19.1 Å². The second kappa shape index (κ2) is 4.23. The minimum atomic E-state index is -0.369. The van der Waals surface area contributed by atoms with Crippen LogP contribution < -0.4 is 0 Å². The number of esters is 1. The molecule has 13 heavy (non-hydrogen) atoms. The average Bonchev–Trinajstić information content (AvgIpc) is 2.08. The Balaban J connectivity index is 2.52. The first-order chi connectivity index (χ1) is 6.11. The standard InChI is InChI=1S/C10H14O3/c1-7(2)10(11)13-9-5-4-6-12-8(9)3/h4-5,8-9H,1,6H2,2-3H3. The van der Waals surface area contributed by atoms with Crippen LogP contribution in [0.1, 0.15) is 13.8 Å². The van der Waals surface area contributed by atoms with Crippen molar-refractivity contribution < 1.29 is 14.3 Å². The highest BCUT2D eigenvalue weighted by molar-refractivity contribution is 5.87. The SMILES string of the molecule is C=C(C)C(=O)OC1C=CCOC1C. The summed E-state index contributed by atoms with van der Waals surface area (Å²) in [7, 11) is 0. The molecule has 1 heterocycles. The summed E-state index contributed by atoms with van der Waals surface area (Å²) in [5, 5.41) is 0. The first-order valence-electron chi connectivity index (χ1n) is 4.26. The highest BCUT2D eigenvalue weighted by Gasteiger charge is 2.21. The van der Waals surface area contributed by atoms with Gasteiger partial charge in [0.1, 0.15) is 6.10 Å². The van der Waals surface area contributed by atoms with E-state index in [0.29, 0.717) is 12.2 Å². The molecule has 0 aromatic carbocycles. The molecule has 0 saturated heterocycles. The molecule has 0 aromatic rings. The molecule has 0 aromatic heterocycles. The molecule has 0 amide bonds. The minimum absolute atomic E-state index is 0.0756. The smallest absolute Gasteiger partial charge is 0.333 e. The Kier molecular flexibility index (Phi) is 3.25. The van der Waals surface area contributed by atoms with Crippen molar-refractivity contribution >= 4 is 5.97 Å². The van der Waals surface area contributed by atoms with Gasteiger partial charge >= 0.3 is 5.97 Å². The Labute approximate surface area is 78.0 Å². The van der Waals surface area contributed by atoms with E-state index in [1.54, 1.807) is 6.92 Å². The lowest BCUT2D eigenvalue weighted by atomic mass is 10.2. The molecule has 0 radical (unpaired) electrons. The van der Waals surface area contributed by atoms with Crippen molar-refractivity contribution in [1.29, 1.82) is 0 Å². The van der Waals surface area contributed by atoms with Crippen molar-refractivity contribution in [3.8, 4) is 0 Å². The normalized spacial score (nSPS) is 26.9. The van der Waals surface area contributed by atoms with Crippen LogP contribution in [0.3, 0.4) is 0 Å². The largest absolute Gasteiger partial charge is 0.452 e. The summed E-state index contributed by atoms with van der Waals surface area (Å²) >= 11 is 0. The zero-order valence-electron chi connectivity index (χ0n) is 7.95. The van der Waals surface area contributed by atoms with E-state index in [4.69, 9.17) is 9.47 Å². The topological polar surface area (TPSA) is 35.5 Å². The maximum absolute atomic E-state index is 11.1. The van der Waals surface area contributed by atoms with Crippen LogP contribution in [-0.2, 0) is 14.3 Å². The maximum atomic E-state index is 11.1. The first-order valence-corrected chi connectivity index (χ1v) is 4.26. The van der Waals surface area contributed by atoms with Gasteiger partial charge in [0.25, 0.3) is 0 Å². The molecule has 2 atom stereocenters. The highest BCUT2D eigenvalue weighted by atomic mass is 16.6. The Hall–Kier alpha value is -1.09. The molecule has 0 fully saturated rings. The van der Waals surface area contributed by atoms with Gasteiger partial charge in [0, 0.05) is 5.57 Å². The molecular weight excluding hydrogens is 168 g/mol. The molecular formula is C10H14O3. The van der Waals surface area contributed by atoms with E-state index in [1.165, 1.54) is 0 Å². The van der Waals surface area contributed by atoms with E-state index in [9.17, 15) is 4.79 Å². The number of ether oxygens (including phenoxy) is 2. The quantitative estimate of drug-likeness (QED) is 0.368. The second-order valence-corrected chi connectivity index (χ2v) is 3.12. The fourth-order valence-electron chi connectivity index (χ4n) is 1.01. The van der Waals surface area contributed by atoms with Gasteiger partial charge in [0.15, 0.2) is 0 Å². The molecule has 2 unspecified atom stereocenters. The summed E-state index contributed by atoms with van der Waals surface area (Å²) in [5.41, 5.74) is 0.408. The molecule has 1 aliphatic heterocycles. The van der Waals surface area contributed by atoms with Gasteiger partial charge in [-0.1, -0.05) is 12.7 Å². The second-order valence-electron chi connectivity index (χ2n) is 3.12. The molecule has 0 bridgehead atoms. The van der Waals surface area contributed by atoms with Crippen LogP contribution in [-0.4, -0.2) is 24.8 Å². The van der Waals surface area contributed by atoms with Crippen molar-refractivity contribution in [2.45, 2.75) is 26.1 Å². The third kappa shape index (κ3) is 2.70. The molecule has 3 nitrogen and oxygen atoms in total. The van der Waals surface area contributed by atoms with Gasteiger partial charge in [-0.25, -0.2) is 4.79 Å². The van der Waals surface area contributed by atoms with Crippen LogP contribution in [0, 0.1) is 0 Å². The highest BCUT2D eigenvalue weighted by Crippen LogP contribution is 2.12. The number of carbonyl (C=O) groups is 1. The summed E-state index contributed by atoms with van der Waals surface area (Å²) in [6.45, 7) is 7.59. The lowest BCUT2D eigenvalue weighted by molar-refractivity contribution is -0.148. The Morgan fingerprint density at radius 1 is 1.69 bits per heavy atom. The third-order valence-electron chi connectivity index (χ3n) is 1.84. The maximum Gasteiger partial charge on any atom is 0.333 e. The molecule has 0 saturated carbocycles. The van der Waals surface area contributed by atoms with Crippen molar-refractivity contribution in [3.05, 3.63) is 24.3 Å².